The third-order valence-corrected chi connectivity index (χ3v) is 4.03. The molecular formula is C15H27NO3. The monoisotopic (exact) mass is 269 g/mol. The first-order chi connectivity index (χ1) is 9.11. The van der Waals surface area contributed by atoms with Crippen molar-refractivity contribution in [3.05, 3.63) is 0 Å². The minimum absolute atomic E-state index is 0.0757. The van der Waals surface area contributed by atoms with Crippen molar-refractivity contribution in [3.63, 3.8) is 0 Å². The maximum atomic E-state index is 12.5. The van der Waals surface area contributed by atoms with Crippen LogP contribution >= 0.6 is 0 Å². The second kappa shape index (κ2) is 8.18. The van der Waals surface area contributed by atoms with Crippen LogP contribution < -0.4 is 0 Å². The molecule has 110 valence electrons. The van der Waals surface area contributed by atoms with Crippen LogP contribution in [0.2, 0.25) is 0 Å². The van der Waals surface area contributed by atoms with Gasteiger partial charge in [0.25, 0.3) is 0 Å². The fourth-order valence-corrected chi connectivity index (χ4v) is 2.82. The molecule has 0 bridgehead atoms. The lowest BCUT2D eigenvalue weighted by molar-refractivity contribution is -0.149. The van der Waals surface area contributed by atoms with Crippen molar-refractivity contribution in [3.8, 4) is 0 Å². The van der Waals surface area contributed by atoms with E-state index in [2.05, 4.69) is 13.8 Å². The number of hydrogen-bond acceptors (Lipinski definition) is 2. The molecule has 0 aliphatic heterocycles. The van der Waals surface area contributed by atoms with Gasteiger partial charge >= 0.3 is 5.97 Å². The number of amides is 1. The Morgan fingerprint density at radius 1 is 1.05 bits per heavy atom. The Labute approximate surface area is 116 Å². The fourth-order valence-electron chi connectivity index (χ4n) is 2.82. The van der Waals surface area contributed by atoms with Gasteiger partial charge in [-0.3, -0.25) is 9.59 Å². The first-order valence-corrected chi connectivity index (χ1v) is 7.63. The third-order valence-electron chi connectivity index (χ3n) is 4.03. The van der Waals surface area contributed by atoms with Crippen LogP contribution in [0.15, 0.2) is 0 Å². The van der Waals surface area contributed by atoms with Gasteiger partial charge in [0, 0.05) is 13.1 Å². The summed E-state index contributed by atoms with van der Waals surface area (Å²) in [6, 6.07) is 0. The van der Waals surface area contributed by atoms with Gasteiger partial charge in [0.1, 0.15) is 0 Å². The van der Waals surface area contributed by atoms with Gasteiger partial charge in [-0.05, 0) is 25.7 Å². The summed E-state index contributed by atoms with van der Waals surface area (Å²) < 4.78 is 0. The second-order valence-electron chi connectivity index (χ2n) is 5.51. The zero-order valence-electron chi connectivity index (χ0n) is 12.2. The second-order valence-corrected chi connectivity index (χ2v) is 5.51. The number of hydrogen-bond donors (Lipinski definition) is 1. The molecule has 1 fully saturated rings. The van der Waals surface area contributed by atoms with Gasteiger partial charge in [0.05, 0.1) is 11.8 Å². The average molecular weight is 269 g/mol. The number of rotatable bonds is 8. The molecule has 0 aromatic carbocycles. The molecular weight excluding hydrogens is 242 g/mol. The quantitative estimate of drug-likeness (QED) is 0.737. The highest BCUT2D eigenvalue weighted by Gasteiger charge is 2.39. The predicted octanol–water partition coefficient (Wildman–Crippen LogP) is 2.92. The molecule has 4 heteroatoms. The lowest BCUT2D eigenvalue weighted by atomic mass is 9.94. The van der Waals surface area contributed by atoms with Gasteiger partial charge in [0.15, 0.2) is 0 Å². The smallest absolute Gasteiger partial charge is 0.307 e. The summed E-state index contributed by atoms with van der Waals surface area (Å²) in [7, 11) is 0. The number of aliphatic carboxylic acids is 1. The van der Waals surface area contributed by atoms with Crippen molar-refractivity contribution in [1.82, 2.24) is 4.90 Å². The van der Waals surface area contributed by atoms with Gasteiger partial charge in [-0.1, -0.05) is 33.1 Å². The normalized spacial score (nSPS) is 22.4. The highest BCUT2D eigenvalue weighted by Crippen LogP contribution is 2.33. The molecule has 1 aliphatic rings. The molecule has 1 saturated carbocycles. The SMILES string of the molecule is CCCCN(CCCC)C(=O)C1CCCC1C(=O)O. The molecule has 0 aromatic heterocycles. The van der Waals surface area contributed by atoms with Crippen LogP contribution in [0.5, 0.6) is 0 Å². The van der Waals surface area contributed by atoms with E-state index in [9.17, 15) is 14.7 Å². The van der Waals surface area contributed by atoms with Crippen molar-refractivity contribution in [2.45, 2.75) is 58.8 Å². The Balaban J connectivity index is 2.65. The number of carbonyl (C=O) groups is 2. The standard InChI is InChI=1S/C15H27NO3/c1-3-5-10-16(11-6-4-2)14(17)12-8-7-9-13(12)15(18)19/h12-13H,3-11H2,1-2H3,(H,18,19). The molecule has 1 N–H and O–H groups in total. The van der Waals surface area contributed by atoms with E-state index in [0.29, 0.717) is 6.42 Å². The molecule has 1 rings (SSSR count). The summed E-state index contributed by atoms with van der Waals surface area (Å²) in [5, 5.41) is 9.20. The van der Waals surface area contributed by atoms with Gasteiger partial charge in [-0.15, -0.1) is 0 Å². The molecule has 0 spiro atoms. The lowest BCUT2D eigenvalue weighted by Crippen LogP contribution is -2.40. The molecule has 1 amide bonds. The molecule has 2 atom stereocenters. The Morgan fingerprint density at radius 2 is 1.58 bits per heavy atom. The molecule has 1 aliphatic carbocycles. The fraction of sp³-hybridized carbons (Fsp3) is 0.867. The van der Waals surface area contributed by atoms with E-state index in [4.69, 9.17) is 0 Å². The first-order valence-electron chi connectivity index (χ1n) is 7.63. The maximum absolute atomic E-state index is 12.5. The van der Waals surface area contributed by atoms with E-state index >= 15 is 0 Å². The molecule has 0 heterocycles. The van der Waals surface area contributed by atoms with E-state index in [1.165, 1.54) is 0 Å². The van der Waals surface area contributed by atoms with Crippen LogP contribution in [0.4, 0.5) is 0 Å². The van der Waals surface area contributed by atoms with Gasteiger partial charge in [-0.2, -0.15) is 0 Å². The Morgan fingerprint density at radius 3 is 2.05 bits per heavy atom. The van der Waals surface area contributed by atoms with Gasteiger partial charge < -0.3 is 10.0 Å². The topological polar surface area (TPSA) is 57.6 Å². The number of carboxylic acid groups (broad SMARTS) is 1. The van der Waals surface area contributed by atoms with E-state index in [1.54, 1.807) is 0 Å². The predicted molar refractivity (Wildman–Crippen MR) is 74.9 cm³/mol. The highest BCUT2D eigenvalue weighted by molar-refractivity contribution is 5.85. The van der Waals surface area contributed by atoms with Crippen LogP contribution in [0, 0.1) is 11.8 Å². The van der Waals surface area contributed by atoms with Crippen LogP contribution in [-0.2, 0) is 9.59 Å². The summed E-state index contributed by atoms with van der Waals surface area (Å²) in [6.45, 7) is 5.77. The first kappa shape index (κ1) is 16.0. The molecule has 2 unspecified atom stereocenters. The van der Waals surface area contributed by atoms with Gasteiger partial charge in [0.2, 0.25) is 5.91 Å². The molecule has 0 aromatic rings. The van der Waals surface area contributed by atoms with Crippen molar-refractivity contribution in [2.24, 2.45) is 11.8 Å². The summed E-state index contributed by atoms with van der Waals surface area (Å²) in [6.07, 6.45) is 6.38. The summed E-state index contributed by atoms with van der Waals surface area (Å²) in [4.78, 5) is 25.6. The van der Waals surface area contributed by atoms with E-state index < -0.39 is 11.9 Å². The number of carbonyl (C=O) groups excluding carboxylic acids is 1. The molecule has 0 saturated heterocycles. The van der Waals surface area contributed by atoms with E-state index in [1.807, 2.05) is 4.90 Å². The maximum Gasteiger partial charge on any atom is 0.307 e. The Hall–Kier alpha value is -1.06. The minimum atomic E-state index is -0.804. The van der Waals surface area contributed by atoms with Crippen molar-refractivity contribution in [2.75, 3.05) is 13.1 Å². The number of nitrogens with zero attached hydrogens (tertiary/aromatic N) is 1. The largest absolute Gasteiger partial charge is 0.481 e. The van der Waals surface area contributed by atoms with Crippen molar-refractivity contribution in [1.29, 1.82) is 0 Å². The van der Waals surface area contributed by atoms with Crippen LogP contribution in [0.25, 0.3) is 0 Å². The Bertz CT molecular complexity index is 296. The third kappa shape index (κ3) is 4.51. The van der Waals surface area contributed by atoms with Crippen LogP contribution in [0.3, 0.4) is 0 Å². The zero-order valence-corrected chi connectivity index (χ0v) is 12.2. The molecule has 4 nitrogen and oxygen atoms in total. The molecule has 19 heavy (non-hydrogen) atoms. The van der Waals surface area contributed by atoms with Crippen LogP contribution in [-0.4, -0.2) is 35.0 Å². The number of carboxylic acids is 1. The van der Waals surface area contributed by atoms with E-state index in [0.717, 1.165) is 51.6 Å². The zero-order chi connectivity index (χ0) is 14.3. The van der Waals surface area contributed by atoms with Crippen molar-refractivity contribution < 1.29 is 14.7 Å². The Kier molecular flexibility index (Phi) is 6.89. The van der Waals surface area contributed by atoms with Crippen molar-refractivity contribution >= 4 is 11.9 Å². The number of unbranched alkanes of at least 4 members (excludes halogenated alkanes) is 2. The van der Waals surface area contributed by atoms with Crippen LogP contribution in [0.1, 0.15) is 58.8 Å². The summed E-state index contributed by atoms with van der Waals surface area (Å²) in [5.74, 6) is -1.47. The minimum Gasteiger partial charge on any atom is -0.481 e. The van der Waals surface area contributed by atoms with Gasteiger partial charge in [-0.25, -0.2) is 0 Å². The lowest BCUT2D eigenvalue weighted by Gasteiger charge is -2.27. The average Bonchev–Trinajstić information content (AvgIpc) is 2.87. The summed E-state index contributed by atoms with van der Waals surface area (Å²) >= 11 is 0. The van der Waals surface area contributed by atoms with E-state index in [-0.39, 0.29) is 11.8 Å². The molecule has 0 radical (unpaired) electrons. The summed E-state index contributed by atoms with van der Waals surface area (Å²) in [5.41, 5.74) is 0. The highest BCUT2D eigenvalue weighted by atomic mass is 16.4.